The summed E-state index contributed by atoms with van der Waals surface area (Å²) in [6, 6.07) is 21.6. The number of benzene rings is 3. The predicted octanol–water partition coefficient (Wildman–Crippen LogP) is 5.42. The minimum Gasteiger partial charge on any atom is -0.480 e. The molecule has 188 valence electrons. The van der Waals surface area contributed by atoms with E-state index in [-0.39, 0.29) is 24.4 Å². The van der Waals surface area contributed by atoms with E-state index in [0.717, 1.165) is 27.2 Å². The smallest absolute Gasteiger partial charge is 0.351 e. The molecule has 8 nitrogen and oxygen atoms in total. The molecule has 0 saturated heterocycles. The molecule has 0 spiro atoms. The van der Waals surface area contributed by atoms with Crippen LogP contribution >= 0.6 is 11.9 Å². The molecule has 3 N–H and O–H groups in total. The van der Waals surface area contributed by atoms with Crippen LogP contribution in [0.3, 0.4) is 0 Å². The van der Waals surface area contributed by atoms with Crippen LogP contribution in [-0.4, -0.2) is 38.4 Å². The fraction of sp³-hybridized carbons (Fsp3) is 0.179. The highest BCUT2D eigenvalue weighted by molar-refractivity contribution is 8.06. The molecule has 2 aliphatic heterocycles. The van der Waals surface area contributed by atoms with Crippen molar-refractivity contribution < 1.29 is 19.5 Å². The molecule has 0 bridgehead atoms. The first-order valence-corrected chi connectivity index (χ1v) is 12.7. The van der Waals surface area contributed by atoms with E-state index >= 15 is 0 Å². The van der Waals surface area contributed by atoms with Gasteiger partial charge in [-0.25, -0.2) is 9.59 Å². The van der Waals surface area contributed by atoms with Crippen LogP contribution in [0.5, 0.6) is 0 Å². The summed E-state index contributed by atoms with van der Waals surface area (Å²) < 4.78 is 1.43. The van der Waals surface area contributed by atoms with Crippen LogP contribution in [-0.2, 0) is 11.3 Å². The van der Waals surface area contributed by atoms with E-state index in [2.05, 4.69) is 10.7 Å². The van der Waals surface area contributed by atoms with Crippen LogP contribution < -0.4 is 10.7 Å². The van der Waals surface area contributed by atoms with Crippen molar-refractivity contribution in [2.75, 3.05) is 5.32 Å². The van der Waals surface area contributed by atoms with Crippen molar-refractivity contribution >= 4 is 40.4 Å². The second kappa shape index (κ2) is 10.0. The Balaban J connectivity index is 1.25. The van der Waals surface area contributed by atoms with Gasteiger partial charge in [-0.2, -0.15) is 4.41 Å². The van der Waals surface area contributed by atoms with Crippen molar-refractivity contribution in [1.29, 1.82) is 0 Å². The molecule has 5 rings (SSSR count). The number of aliphatic carboxylic acids is 1. The van der Waals surface area contributed by atoms with Crippen LogP contribution in [0.15, 0.2) is 79.0 Å². The number of carbonyl (C=O) groups is 3. The molecule has 3 amide bonds. The number of carboxylic acid groups (broad SMARTS) is 1. The van der Waals surface area contributed by atoms with Gasteiger partial charge in [0.05, 0.1) is 4.91 Å². The maximum Gasteiger partial charge on any atom is 0.351 e. The first-order chi connectivity index (χ1) is 17.8. The van der Waals surface area contributed by atoms with Crippen molar-refractivity contribution in [3.05, 3.63) is 95.7 Å². The molecule has 37 heavy (non-hydrogen) atoms. The Morgan fingerprint density at radius 3 is 2.35 bits per heavy atom. The SMILES string of the molecule is CC(C)[C@@H](C(=O)O)N1Cc2ccc(-c3ccc(NC(=O)N4NC=C(c5ccccc5)S4)cc3)cc2C1=O. The van der Waals surface area contributed by atoms with Gasteiger partial charge in [0.2, 0.25) is 0 Å². The van der Waals surface area contributed by atoms with Gasteiger partial charge in [-0.05, 0) is 46.4 Å². The molecule has 9 heteroatoms. The van der Waals surface area contributed by atoms with Gasteiger partial charge in [-0.15, -0.1) is 0 Å². The maximum absolute atomic E-state index is 13.0. The Hall–Kier alpha value is -4.24. The molecule has 0 aromatic heterocycles. The molecule has 2 heterocycles. The number of nitrogens with one attached hydrogen (secondary N) is 2. The average molecular weight is 515 g/mol. The molecule has 1 atom stereocenters. The number of urea groups is 1. The van der Waals surface area contributed by atoms with Gasteiger partial charge >= 0.3 is 12.0 Å². The van der Waals surface area contributed by atoms with Crippen molar-refractivity contribution in [2.24, 2.45) is 5.92 Å². The van der Waals surface area contributed by atoms with Gasteiger partial charge in [0.1, 0.15) is 6.04 Å². The molecular weight excluding hydrogens is 488 g/mol. The monoisotopic (exact) mass is 514 g/mol. The predicted molar refractivity (Wildman–Crippen MR) is 144 cm³/mol. The van der Waals surface area contributed by atoms with Gasteiger partial charge in [-0.3, -0.25) is 10.2 Å². The van der Waals surface area contributed by atoms with Crippen molar-refractivity contribution in [3.63, 3.8) is 0 Å². The normalized spacial score (nSPS) is 15.3. The third kappa shape index (κ3) is 4.90. The largest absolute Gasteiger partial charge is 0.480 e. The number of carboxylic acids is 1. The topological polar surface area (TPSA) is 102 Å². The highest BCUT2D eigenvalue weighted by Crippen LogP contribution is 2.34. The van der Waals surface area contributed by atoms with Gasteiger partial charge in [0, 0.05) is 35.9 Å². The molecule has 0 unspecified atom stereocenters. The molecular formula is C28H26N4O4S. The van der Waals surface area contributed by atoms with Crippen LogP contribution in [0.25, 0.3) is 16.0 Å². The summed E-state index contributed by atoms with van der Waals surface area (Å²) in [5.41, 5.74) is 7.70. The minimum atomic E-state index is -0.997. The zero-order chi connectivity index (χ0) is 26.1. The van der Waals surface area contributed by atoms with Crippen LogP contribution in [0, 0.1) is 5.92 Å². The van der Waals surface area contributed by atoms with Crippen molar-refractivity contribution in [1.82, 2.24) is 14.7 Å². The Bertz CT molecular complexity index is 1390. The fourth-order valence-electron chi connectivity index (χ4n) is 4.53. The molecule has 2 aliphatic rings. The first kappa shape index (κ1) is 24.5. The van der Waals surface area contributed by atoms with E-state index in [0.29, 0.717) is 11.3 Å². The zero-order valence-corrected chi connectivity index (χ0v) is 21.2. The molecule has 3 aromatic carbocycles. The number of hydrogen-bond acceptors (Lipinski definition) is 5. The number of carbonyl (C=O) groups excluding carboxylic acids is 2. The van der Waals surface area contributed by atoms with E-state index in [1.54, 1.807) is 32.2 Å². The third-order valence-corrected chi connectivity index (χ3v) is 7.38. The summed E-state index contributed by atoms with van der Waals surface area (Å²) in [5.74, 6) is -1.46. The van der Waals surface area contributed by atoms with Crippen LogP contribution in [0.1, 0.15) is 35.3 Å². The lowest BCUT2D eigenvalue weighted by atomic mass is 10.00. The first-order valence-electron chi connectivity index (χ1n) is 11.9. The van der Waals surface area contributed by atoms with E-state index in [4.69, 9.17) is 0 Å². The van der Waals surface area contributed by atoms with E-state index in [1.165, 1.54) is 21.3 Å². The molecule has 3 aromatic rings. The quantitative estimate of drug-likeness (QED) is 0.380. The van der Waals surface area contributed by atoms with Crippen LogP contribution in [0.2, 0.25) is 0 Å². The lowest BCUT2D eigenvalue weighted by Gasteiger charge is -2.27. The molecule has 0 radical (unpaired) electrons. The van der Waals surface area contributed by atoms with Gasteiger partial charge in [0.15, 0.2) is 0 Å². The lowest BCUT2D eigenvalue weighted by Crippen LogP contribution is -2.44. The minimum absolute atomic E-state index is 0.201. The summed E-state index contributed by atoms with van der Waals surface area (Å²) in [5, 5.41) is 12.5. The van der Waals surface area contributed by atoms with Gasteiger partial charge in [0.25, 0.3) is 5.91 Å². The summed E-state index contributed by atoms with van der Waals surface area (Å²) in [6.45, 7) is 3.90. The average Bonchev–Trinajstić information content (AvgIpc) is 3.50. The Labute approximate surface area is 219 Å². The highest BCUT2D eigenvalue weighted by atomic mass is 32.2. The van der Waals surface area contributed by atoms with Crippen molar-refractivity contribution in [2.45, 2.75) is 26.4 Å². The van der Waals surface area contributed by atoms with E-state index in [1.807, 2.05) is 60.7 Å². The fourth-order valence-corrected chi connectivity index (χ4v) is 5.31. The van der Waals surface area contributed by atoms with E-state index < -0.39 is 12.0 Å². The molecule has 0 saturated carbocycles. The Kier molecular flexibility index (Phi) is 6.62. The van der Waals surface area contributed by atoms with Crippen LogP contribution in [0.4, 0.5) is 10.5 Å². The maximum atomic E-state index is 13.0. The third-order valence-electron chi connectivity index (χ3n) is 6.38. The zero-order valence-electron chi connectivity index (χ0n) is 20.3. The molecule has 0 fully saturated rings. The molecule has 0 aliphatic carbocycles. The number of amides is 3. The number of hydrazine groups is 1. The summed E-state index contributed by atoms with van der Waals surface area (Å²) >= 11 is 1.31. The second-order valence-corrected chi connectivity index (χ2v) is 10.2. The second-order valence-electron chi connectivity index (χ2n) is 9.23. The lowest BCUT2D eigenvalue weighted by molar-refractivity contribution is -0.144. The number of nitrogens with zero attached hydrogens (tertiary/aromatic N) is 2. The standard InChI is InChI=1S/C28H26N4O4S/c1-17(2)25(27(34)35)31-16-21-9-8-20(14-23(21)26(31)33)18-10-12-22(13-11-18)30-28(36)32-29-15-24(37-32)19-6-4-3-5-7-19/h3-15,17,25,29H,16H2,1-2H3,(H,30,36)(H,34,35)/t25-/m0/s1. The Morgan fingerprint density at radius 2 is 1.68 bits per heavy atom. The highest BCUT2D eigenvalue weighted by Gasteiger charge is 2.38. The van der Waals surface area contributed by atoms with E-state index in [9.17, 15) is 19.5 Å². The Morgan fingerprint density at radius 1 is 0.973 bits per heavy atom. The summed E-state index contributed by atoms with van der Waals surface area (Å²) in [7, 11) is 0. The number of anilines is 1. The number of rotatable bonds is 6. The van der Waals surface area contributed by atoms with Crippen molar-refractivity contribution in [3.8, 4) is 11.1 Å². The number of fused-ring (bicyclic) bond motifs is 1. The summed E-state index contributed by atoms with van der Waals surface area (Å²) in [4.78, 5) is 39.9. The number of hydrogen-bond donors (Lipinski definition) is 3. The van der Waals surface area contributed by atoms with Gasteiger partial charge < -0.3 is 15.3 Å². The van der Waals surface area contributed by atoms with Gasteiger partial charge in [-0.1, -0.05) is 68.4 Å². The summed E-state index contributed by atoms with van der Waals surface area (Å²) in [6.07, 6.45) is 1.79.